The highest BCUT2D eigenvalue weighted by Gasteiger charge is 2.17. The fraction of sp³-hybridized carbons (Fsp3) is 0.238. The second kappa shape index (κ2) is 9.45. The summed E-state index contributed by atoms with van der Waals surface area (Å²) in [4.78, 5) is 8.73. The zero-order chi connectivity index (χ0) is 22.6. The molecule has 0 aliphatic rings. The van der Waals surface area contributed by atoms with Crippen LogP contribution in [0.2, 0.25) is 5.02 Å². The number of nitrogen functional groups attached to an aromatic ring is 1. The van der Waals surface area contributed by atoms with Crippen LogP contribution in [0.15, 0.2) is 42.6 Å². The predicted octanol–water partition coefficient (Wildman–Crippen LogP) is 4.89. The number of methoxy groups -OCH3 is 1. The van der Waals surface area contributed by atoms with Gasteiger partial charge in [-0.05, 0) is 38.5 Å². The molecule has 0 radical (unpaired) electrons. The maximum absolute atomic E-state index is 12.6. The number of ether oxygens (including phenoxy) is 1. The Hall–Kier alpha value is -2.96. The van der Waals surface area contributed by atoms with Gasteiger partial charge in [-0.3, -0.25) is 0 Å². The van der Waals surface area contributed by atoms with Crippen LogP contribution in [0, 0.1) is 0 Å². The molecule has 1 heterocycles. The van der Waals surface area contributed by atoms with Crippen LogP contribution in [0.4, 0.5) is 34.5 Å². The zero-order valence-electron chi connectivity index (χ0n) is 17.9. The Labute approximate surface area is 187 Å². The van der Waals surface area contributed by atoms with Crippen molar-refractivity contribution in [2.24, 2.45) is 0 Å². The molecule has 0 aliphatic carbocycles. The van der Waals surface area contributed by atoms with Crippen LogP contribution in [0.3, 0.4) is 0 Å². The van der Waals surface area contributed by atoms with E-state index in [-0.39, 0.29) is 0 Å². The van der Waals surface area contributed by atoms with Crippen molar-refractivity contribution in [1.29, 1.82) is 0 Å². The Balaban J connectivity index is 1.93. The van der Waals surface area contributed by atoms with Gasteiger partial charge in [0.25, 0.3) is 0 Å². The van der Waals surface area contributed by atoms with Crippen molar-refractivity contribution < 1.29 is 9.30 Å². The lowest BCUT2D eigenvalue weighted by atomic mass is 10.2. The monoisotopic (exact) mass is 460 g/mol. The number of hydrogen-bond acceptors (Lipinski definition) is 8. The Morgan fingerprint density at radius 1 is 1.13 bits per heavy atom. The molecule has 0 bridgehead atoms. The maximum Gasteiger partial charge on any atom is 0.229 e. The van der Waals surface area contributed by atoms with Crippen LogP contribution in [-0.4, -0.2) is 37.0 Å². The maximum atomic E-state index is 12.6. The Bertz CT molecular complexity index is 1130. The van der Waals surface area contributed by atoms with Gasteiger partial charge in [0.1, 0.15) is 17.9 Å². The van der Waals surface area contributed by atoms with E-state index in [0.717, 1.165) is 12.2 Å². The number of nitrogens with zero attached hydrogens (tertiary/aromatic N) is 2. The molecule has 0 aliphatic heterocycles. The average molecular weight is 461 g/mol. The highest BCUT2D eigenvalue weighted by Crippen LogP contribution is 2.39. The van der Waals surface area contributed by atoms with Crippen LogP contribution in [0.5, 0.6) is 5.75 Å². The summed E-state index contributed by atoms with van der Waals surface area (Å²) in [6, 6.07) is 10.9. The number of anilines is 6. The number of aromatic nitrogens is 2. The minimum Gasteiger partial charge on any atom is -0.494 e. The first-order chi connectivity index (χ1) is 14.7. The molecular weight excluding hydrogens is 435 g/mol. The van der Waals surface area contributed by atoms with Gasteiger partial charge in [-0.1, -0.05) is 23.7 Å². The van der Waals surface area contributed by atoms with Gasteiger partial charge in [-0.2, -0.15) is 4.98 Å². The van der Waals surface area contributed by atoms with E-state index >= 15 is 0 Å². The summed E-state index contributed by atoms with van der Waals surface area (Å²) in [7, 11) is -0.926. The van der Waals surface area contributed by atoms with E-state index < -0.39 is 7.14 Å². The summed E-state index contributed by atoms with van der Waals surface area (Å²) in [5.41, 5.74) is 8.78. The molecule has 1 aromatic heterocycles. The van der Waals surface area contributed by atoms with Gasteiger partial charge in [-0.15, -0.1) is 0 Å². The van der Waals surface area contributed by atoms with Gasteiger partial charge < -0.3 is 31.0 Å². The third kappa shape index (κ3) is 5.40. The zero-order valence-corrected chi connectivity index (χ0v) is 19.5. The molecule has 3 rings (SSSR count). The molecular formula is C21H26ClN6O2P. The van der Waals surface area contributed by atoms with Crippen molar-refractivity contribution in [2.45, 2.75) is 6.92 Å². The molecule has 164 valence electrons. The lowest BCUT2D eigenvalue weighted by Gasteiger charge is -2.17. The number of hydrogen-bond donors (Lipinski definition) is 4. The van der Waals surface area contributed by atoms with Crippen LogP contribution in [-0.2, 0) is 4.57 Å². The quantitative estimate of drug-likeness (QED) is 0.277. The number of para-hydroxylation sites is 1. The van der Waals surface area contributed by atoms with Crippen molar-refractivity contribution in [3.8, 4) is 5.75 Å². The Morgan fingerprint density at radius 3 is 2.55 bits per heavy atom. The van der Waals surface area contributed by atoms with E-state index in [1.54, 1.807) is 26.5 Å². The van der Waals surface area contributed by atoms with Gasteiger partial charge in [-0.25, -0.2) is 4.98 Å². The second-order valence-corrected chi connectivity index (χ2v) is 10.8. The van der Waals surface area contributed by atoms with Crippen molar-refractivity contribution >= 4 is 58.6 Å². The highest BCUT2D eigenvalue weighted by molar-refractivity contribution is 7.70. The minimum absolute atomic E-state index is 0.300. The number of nitrogens with one attached hydrogen (secondary N) is 3. The third-order valence-electron chi connectivity index (χ3n) is 4.47. The van der Waals surface area contributed by atoms with Gasteiger partial charge in [0, 0.05) is 17.9 Å². The largest absolute Gasteiger partial charge is 0.494 e. The van der Waals surface area contributed by atoms with Crippen LogP contribution >= 0.6 is 18.7 Å². The molecule has 31 heavy (non-hydrogen) atoms. The number of nitrogens with two attached hydrogens (primary N) is 1. The van der Waals surface area contributed by atoms with Gasteiger partial charge in [0.05, 0.1) is 36.1 Å². The van der Waals surface area contributed by atoms with Gasteiger partial charge >= 0.3 is 0 Å². The molecule has 0 saturated heterocycles. The molecule has 5 N–H and O–H groups in total. The molecule has 2 aromatic carbocycles. The van der Waals surface area contributed by atoms with Crippen molar-refractivity contribution in [1.82, 2.24) is 9.97 Å². The standard InChI is InChI=1S/C21H26ClN6O2P/c1-5-24-16-11-18(30-2)17(10-14(16)23)27-21-25-12-13(22)20(28-21)26-15-8-6-7-9-19(15)31(3,4)29/h6-12,24H,5,23H2,1-4H3,(H2,25,26,27,28). The normalized spacial score (nSPS) is 11.1. The summed E-state index contributed by atoms with van der Waals surface area (Å²) in [6.45, 7) is 6.16. The van der Waals surface area contributed by atoms with E-state index in [4.69, 9.17) is 22.1 Å². The van der Waals surface area contributed by atoms with Crippen LogP contribution < -0.4 is 31.7 Å². The van der Waals surface area contributed by atoms with E-state index in [1.807, 2.05) is 37.3 Å². The van der Waals surface area contributed by atoms with E-state index in [0.29, 0.717) is 44.9 Å². The molecule has 0 atom stereocenters. The SMILES string of the molecule is CCNc1cc(OC)c(Nc2ncc(Cl)c(Nc3ccccc3P(C)(C)=O)n2)cc1N. The first-order valence-electron chi connectivity index (χ1n) is 9.65. The molecule has 10 heteroatoms. The molecule has 0 spiro atoms. The minimum atomic E-state index is -2.50. The Morgan fingerprint density at radius 2 is 1.87 bits per heavy atom. The van der Waals surface area contributed by atoms with E-state index in [2.05, 4.69) is 25.9 Å². The summed E-state index contributed by atoms with van der Waals surface area (Å²) >= 11 is 6.32. The van der Waals surface area contributed by atoms with E-state index in [1.165, 1.54) is 6.20 Å². The number of halogens is 1. The number of benzene rings is 2. The summed E-state index contributed by atoms with van der Waals surface area (Å²) < 4.78 is 18.1. The van der Waals surface area contributed by atoms with Gasteiger partial charge in [0.2, 0.25) is 5.95 Å². The molecule has 0 unspecified atom stereocenters. The average Bonchev–Trinajstić information content (AvgIpc) is 2.72. The van der Waals surface area contributed by atoms with Crippen molar-refractivity contribution in [2.75, 3.05) is 48.7 Å². The topological polar surface area (TPSA) is 114 Å². The number of rotatable bonds is 8. The van der Waals surface area contributed by atoms with Crippen LogP contribution in [0.1, 0.15) is 6.92 Å². The predicted molar refractivity (Wildman–Crippen MR) is 131 cm³/mol. The molecule has 8 nitrogen and oxygen atoms in total. The van der Waals surface area contributed by atoms with Crippen molar-refractivity contribution in [3.05, 3.63) is 47.6 Å². The highest BCUT2D eigenvalue weighted by atomic mass is 35.5. The molecule has 0 saturated carbocycles. The summed E-state index contributed by atoms with van der Waals surface area (Å²) in [5, 5.41) is 10.5. The summed E-state index contributed by atoms with van der Waals surface area (Å²) in [5.74, 6) is 1.27. The van der Waals surface area contributed by atoms with Crippen molar-refractivity contribution in [3.63, 3.8) is 0 Å². The fourth-order valence-electron chi connectivity index (χ4n) is 3.02. The molecule has 0 fully saturated rings. The van der Waals surface area contributed by atoms with Crippen LogP contribution in [0.25, 0.3) is 0 Å². The van der Waals surface area contributed by atoms with Gasteiger partial charge in [0.15, 0.2) is 5.82 Å². The van der Waals surface area contributed by atoms with E-state index in [9.17, 15) is 4.57 Å². The molecule has 0 amide bonds. The molecule has 3 aromatic rings. The fourth-order valence-corrected chi connectivity index (χ4v) is 4.31. The third-order valence-corrected chi connectivity index (χ3v) is 6.29. The first kappa shape index (κ1) is 22.7. The first-order valence-corrected chi connectivity index (χ1v) is 12.6. The Kier molecular flexibility index (Phi) is 6.93. The second-order valence-electron chi connectivity index (χ2n) is 7.18. The lowest BCUT2D eigenvalue weighted by molar-refractivity contribution is 0.417. The summed E-state index contributed by atoms with van der Waals surface area (Å²) in [6.07, 6.45) is 1.49. The lowest BCUT2D eigenvalue weighted by Crippen LogP contribution is -2.11. The smallest absolute Gasteiger partial charge is 0.229 e.